The van der Waals surface area contributed by atoms with Crippen LogP contribution in [0.2, 0.25) is 0 Å². The highest BCUT2D eigenvalue weighted by molar-refractivity contribution is 8.00. The van der Waals surface area contributed by atoms with Crippen molar-refractivity contribution in [2.45, 2.75) is 43.1 Å². The quantitative estimate of drug-likeness (QED) is 0.826. The van der Waals surface area contributed by atoms with E-state index in [1.807, 2.05) is 20.8 Å². The Kier molecular flexibility index (Phi) is 4.72. The zero-order chi connectivity index (χ0) is 14.0. The summed E-state index contributed by atoms with van der Waals surface area (Å²) in [5, 5.41) is 2.76. The minimum absolute atomic E-state index is 0.104. The van der Waals surface area contributed by atoms with Crippen molar-refractivity contribution in [3.63, 3.8) is 0 Å². The van der Waals surface area contributed by atoms with Crippen molar-refractivity contribution in [3.05, 3.63) is 29.3 Å². The van der Waals surface area contributed by atoms with Gasteiger partial charge in [0.25, 0.3) is 0 Å². The maximum absolute atomic E-state index is 12.9. The van der Waals surface area contributed by atoms with Gasteiger partial charge in [-0.05, 0) is 24.7 Å². The molecule has 0 saturated heterocycles. The monoisotopic (exact) mass is 277 g/mol. The first-order chi connectivity index (χ1) is 8.13. The summed E-state index contributed by atoms with van der Waals surface area (Å²) in [6.45, 7) is 6.15. The molecule has 0 unspecified atom stereocenters. The third-order valence-electron chi connectivity index (χ3n) is 2.18. The highest BCUT2D eigenvalue weighted by atomic mass is 32.2. The summed E-state index contributed by atoms with van der Waals surface area (Å²) < 4.78 is 38.7. The Balaban J connectivity index is 3.13. The van der Waals surface area contributed by atoms with Crippen LogP contribution in [-0.2, 0) is 12.7 Å². The van der Waals surface area contributed by atoms with Gasteiger partial charge in [0.2, 0.25) is 0 Å². The number of hydrogen-bond acceptors (Lipinski definition) is 2. The van der Waals surface area contributed by atoms with Crippen molar-refractivity contribution < 1.29 is 13.2 Å². The molecule has 0 bridgehead atoms. The van der Waals surface area contributed by atoms with Crippen molar-refractivity contribution in [2.24, 2.45) is 0 Å². The molecule has 0 aliphatic heterocycles. The second kappa shape index (κ2) is 5.53. The molecule has 0 heterocycles. The average molecular weight is 277 g/mol. The Morgan fingerprint density at radius 1 is 1.17 bits per heavy atom. The van der Waals surface area contributed by atoms with E-state index in [-0.39, 0.29) is 16.9 Å². The number of nitrogens with one attached hydrogen (secondary N) is 1. The topological polar surface area (TPSA) is 12.0 Å². The minimum atomic E-state index is -4.30. The predicted octanol–water partition coefficient (Wildman–Crippen LogP) is 4.32. The Morgan fingerprint density at radius 3 is 2.22 bits per heavy atom. The van der Waals surface area contributed by atoms with Gasteiger partial charge in [-0.2, -0.15) is 13.2 Å². The molecule has 0 radical (unpaired) electrons. The predicted molar refractivity (Wildman–Crippen MR) is 69.8 cm³/mol. The maximum Gasteiger partial charge on any atom is 0.416 e. The first kappa shape index (κ1) is 15.4. The highest BCUT2D eigenvalue weighted by Crippen LogP contribution is 2.38. The van der Waals surface area contributed by atoms with E-state index < -0.39 is 11.7 Å². The molecule has 1 N–H and O–H groups in total. The first-order valence-corrected chi connectivity index (χ1v) is 6.49. The lowest BCUT2D eigenvalue weighted by atomic mass is 10.1. The van der Waals surface area contributed by atoms with Gasteiger partial charge in [0.05, 0.1) is 5.56 Å². The Bertz CT molecular complexity index is 408. The summed E-state index contributed by atoms with van der Waals surface area (Å²) in [4.78, 5) is 0.648. The standard InChI is InChI=1S/C13H18F3NS/c1-12(2,3)18-10-6-5-9(8-17-4)11(7-10)13(14,15)16/h5-7,17H,8H2,1-4H3. The lowest BCUT2D eigenvalue weighted by Gasteiger charge is -2.20. The Morgan fingerprint density at radius 2 is 1.78 bits per heavy atom. The zero-order valence-electron chi connectivity index (χ0n) is 11.0. The smallest absolute Gasteiger partial charge is 0.316 e. The van der Waals surface area contributed by atoms with Gasteiger partial charge in [-0.3, -0.25) is 0 Å². The number of hydrogen-bond donors (Lipinski definition) is 1. The second-order valence-corrected chi connectivity index (χ2v) is 6.96. The number of rotatable bonds is 3. The molecule has 0 saturated carbocycles. The van der Waals surface area contributed by atoms with Crippen LogP contribution in [0, 0.1) is 0 Å². The van der Waals surface area contributed by atoms with Crippen LogP contribution in [0.5, 0.6) is 0 Å². The van der Waals surface area contributed by atoms with Crippen LogP contribution in [-0.4, -0.2) is 11.8 Å². The van der Waals surface area contributed by atoms with E-state index >= 15 is 0 Å². The highest BCUT2D eigenvalue weighted by Gasteiger charge is 2.33. The fourth-order valence-corrected chi connectivity index (χ4v) is 2.60. The SMILES string of the molecule is CNCc1ccc(SC(C)(C)C)cc1C(F)(F)F. The van der Waals surface area contributed by atoms with Crippen LogP contribution in [0.15, 0.2) is 23.1 Å². The van der Waals surface area contributed by atoms with Crippen LogP contribution >= 0.6 is 11.8 Å². The van der Waals surface area contributed by atoms with E-state index in [9.17, 15) is 13.2 Å². The Labute approximate surface area is 110 Å². The number of benzene rings is 1. The molecule has 0 aromatic heterocycles. The summed E-state index contributed by atoms with van der Waals surface area (Å²) in [5.41, 5.74) is -0.269. The number of alkyl halides is 3. The normalized spacial score (nSPS) is 12.8. The molecule has 18 heavy (non-hydrogen) atoms. The average Bonchev–Trinajstić information content (AvgIpc) is 2.16. The molecule has 0 amide bonds. The van der Waals surface area contributed by atoms with Crippen molar-refractivity contribution in [3.8, 4) is 0 Å². The van der Waals surface area contributed by atoms with Gasteiger partial charge in [0, 0.05) is 16.2 Å². The van der Waals surface area contributed by atoms with E-state index in [2.05, 4.69) is 5.32 Å². The van der Waals surface area contributed by atoms with E-state index in [1.165, 1.54) is 17.8 Å². The van der Waals surface area contributed by atoms with E-state index in [1.54, 1.807) is 19.2 Å². The largest absolute Gasteiger partial charge is 0.416 e. The molecule has 1 aromatic rings. The van der Waals surface area contributed by atoms with Gasteiger partial charge in [0.15, 0.2) is 0 Å². The van der Waals surface area contributed by atoms with Crippen molar-refractivity contribution in [1.82, 2.24) is 5.32 Å². The van der Waals surface area contributed by atoms with Crippen molar-refractivity contribution in [2.75, 3.05) is 7.05 Å². The lowest BCUT2D eigenvalue weighted by molar-refractivity contribution is -0.138. The summed E-state index contributed by atoms with van der Waals surface area (Å²) in [7, 11) is 1.64. The van der Waals surface area contributed by atoms with E-state index in [4.69, 9.17) is 0 Å². The zero-order valence-corrected chi connectivity index (χ0v) is 11.8. The first-order valence-electron chi connectivity index (χ1n) is 5.67. The van der Waals surface area contributed by atoms with Crippen molar-refractivity contribution in [1.29, 1.82) is 0 Å². The summed E-state index contributed by atoms with van der Waals surface area (Å²) in [5.74, 6) is 0. The fraction of sp³-hybridized carbons (Fsp3) is 0.538. The third kappa shape index (κ3) is 4.53. The molecule has 1 nitrogen and oxygen atoms in total. The lowest BCUT2D eigenvalue weighted by Crippen LogP contribution is -2.15. The summed E-state index contributed by atoms with van der Waals surface area (Å²) in [6, 6.07) is 4.54. The van der Waals surface area contributed by atoms with Crippen LogP contribution in [0.25, 0.3) is 0 Å². The molecule has 0 aliphatic carbocycles. The molecule has 5 heteroatoms. The molecule has 1 aromatic carbocycles. The van der Waals surface area contributed by atoms with Gasteiger partial charge in [-0.25, -0.2) is 0 Å². The molecule has 1 rings (SSSR count). The summed E-state index contributed by atoms with van der Waals surface area (Å²) in [6.07, 6.45) is -4.30. The van der Waals surface area contributed by atoms with Crippen molar-refractivity contribution >= 4 is 11.8 Å². The molecule has 102 valence electrons. The molecule has 0 fully saturated rings. The molecular formula is C13H18F3NS. The molecular weight excluding hydrogens is 259 g/mol. The van der Waals surface area contributed by atoms with Gasteiger partial charge in [0.1, 0.15) is 0 Å². The van der Waals surface area contributed by atoms with Gasteiger partial charge in [-0.15, -0.1) is 11.8 Å². The van der Waals surface area contributed by atoms with Crippen LogP contribution in [0.4, 0.5) is 13.2 Å². The molecule has 0 aliphatic rings. The number of thioether (sulfide) groups is 1. The minimum Gasteiger partial charge on any atom is -0.316 e. The third-order valence-corrected chi connectivity index (χ3v) is 3.28. The van der Waals surface area contributed by atoms with Gasteiger partial charge < -0.3 is 5.32 Å². The second-order valence-electron chi connectivity index (χ2n) is 5.06. The van der Waals surface area contributed by atoms with E-state index in [0.717, 1.165) is 0 Å². The maximum atomic E-state index is 12.9. The number of halogens is 3. The molecule has 0 atom stereocenters. The van der Waals surface area contributed by atoms with Crippen LogP contribution in [0.3, 0.4) is 0 Å². The van der Waals surface area contributed by atoms with Gasteiger partial charge in [-0.1, -0.05) is 26.8 Å². The van der Waals surface area contributed by atoms with E-state index in [0.29, 0.717) is 4.90 Å². The van der Waals surface area contributed by atoms with Gasteiger partial charge >= 0.3 is 6.18 Å². The summed E-state index contributed by atoms with van der Waals surface area (Å²) >= 11 is 1.44. The fourth-order valence-electron chi connectivity index (χ4n) is 1.58. The Hall–Kier alpha value is -0.680. The van der Waals surface area contributed by atoms with Crippen LogP contribution < -0.4 is 5.32 Å². The molecule has 0 spiro atoms. The van der Waals surface area contributed by atoms with Crippen LogP contribution in [0.1, 0.15) is 31.9 Å².